The molecule has 1 aromatic carbocycles. The lowest BCUT2D eigenvalue weighted by atomic mass is 10.1. The Morgan fingerprint density at radius 1 is 1.27 bits per heavy atom. The fraction of sp³-hybridized carbons (Fsp3) is 0.222. The summed E-state index contributed by atoms with van der Waals surface area (Å²) in [5.74, 6) is -1.84. The fourth-order valence-corrected chi connectivity index (χ4v) is 1.33. The summed E-state index contributed by atoms with van der Waals surface area (Å²) in [6, 6.07) is 4.03. The second kappa shape index (κ2) is 4.41. The van der Waals surface area contributed by atoms with Gasteiger partial charge in [0, 0.05) is 16.5 Å². The number of alkyl halides is 3. The van der Waals surface area contributed by atoms with Gasteiger partial charge in [0.2, 0.25) is 5.78 Å². The van der Waals surface area contributed by atoms with E-state index in [1.54, 1.807) is 0 Å². The smallest absolute Gasteiger partial charge is 0.289 e. The number of hydrogen-bond acceptors (Lipinski definition) is 1. The maximum Gasteiger partial charge on any atom is 0.450 e. The third kappa shape index (κ3) is 3.39. The number of hydrogen-bond donors (Lipinski definition) is 0. The molecular weight excluding hydrogens is 252 g/mol. The lowest BCUT2D eigenvalue weighted by Gasteiger charge is -2.06. The molecule has 0 saturated carbocycles. The van der Waals surface area contributed by atoms with Crippen LogP contribution in [0, 0.1) is 0 Å². The quantitative estimate of drug-likeness (QED) is 0.789. The maximum atomic E-state index is 11.9. The lowest BCUT2D eigenvalue weighted by Crippen LogP contribution is -2.24. The summed E-state index contributed by atoms with van der Waals surface area (Å²) < 4.78 is 35.8. The molecule has 0 radical (unpaired) electrons. The van der Waals surface area contributed by atoms with Gasteiger partial charge >= 0.3 is 6.18 Å². The van der Waals surface area contributed by atoms with E-state index in [1.165, 1.54) is 18.2 Å². The predicted molar refractivity (Wildman–Crippen MR) is 51.2 cm³/mol. The van der Waals surface area contributed by atoms with Crippen molar-refractivity contribution >= 4 is 29.0 Å². The molecule has 0 unspecified atom stereocenters. The minimum absolute atomic E-state index is 0.0755. The van der Waals surface area contributed by atoms with E-state index >= 15 is 0 Å². The molecule has 0 aliphatic rings. The number of ketones is 1. The van der Waals surface area contributed by atoms with Crippen LogP contribution in [0.15, 0.2) is 18.2 Å². The Bertz CT molecular complexity index is 387. The Kier molecular flexibility index (Phi) is 3.62. The summed E-state index contributed by atoms with van der Waals surface area (Å²) in [7, 11) is 0. The molecule has 0 heterocycles. The van der Waals surface area contributed by atoms with Gasteiger partial charge in [0.1, 0.15) is 0 Å². The van der Waals surface area contributed by atoms with Crippen molar-refractivity contribution in [3.63, 3.8) is 0 Å². The lowest BCUT2D eigenvalue weighted by molar-refractivity contribution is -0.170. The fourth-order valence-electron chi connectivity index (χ4n) is 0.952. The van der Waals surface area contributed by atoms with Gasteiger partial charge < -0.3 is 0 Å². The van der Waals surface area contributed by atoms with Crippen LogP contribution in [-0.4, -0.2) is 12.0 Å². The molecule has 0 N–H and O–H groups in total. The third-order valence-corrected chi connectivity index (χ3v) is 2.28. The number of halogens is 5. The van der Waals surface area contributed by atoms with Gasteiger partial charge in [-0.25, -0.2) is 0 Å². The molecule has 0 spiro atoms. The van der Waals surface area contributed by atoms with Crippen LogP contribution in [0.1, 0.15) is 5.56 Å². The Hall–Kier alpha value is -0.740. The van der Waals surface area contributed by atoms with Gasteiger partial charge in [-0.1, -0.05) is 23.2 Å². The van der Waals surface area contributed by atoms with E-state index in [-0.39, 0.29) is 15.6 Å². The van der Waals surface area contributed by atoms with Crippen molar-refractivity contribution in [3.8, 4) is 0 Å². The van der Waals surface area contributed by atoms with Crippen LogP contribution in [0.25, 0.3) is 0 Å². The molecule has 1 nitrogen and oxygen atoms in total. The number of carbonyl (C=O) groups excluding carboxylic acids is 1. The van der Waals surface area contributed by atoms with Gasteiger partial charge in [-0.2, -0.15) is 13.2 Å². The summed E-state index contributed by atoms with van der Waals surface area (Å²) in [4.78, 5) is 10.7. The molecule has 0 fully saturated rings. The van der Waals surface area contributed by atoms with Gasteiger partial charge in [0.25, 0.3) is 0 Å². The van der Waals surface area contributed by atoms with Crippen molar-refractivity contribution in [2.24, 2.45) is 0 Å². The van der Waals surface area contributed by atoms with Gasteiger partial charge in [-0.05, 0) is 23.8 Å². The first-order valence-corrected chi connectivity index (χ1v) is 4.60. The third-order valence-electron chi connectivity index (χ3n) is 1.67. The van der Waals surface area contributed by atoms with Crippen molar-refractivity contribution < 1.29 is 18.0 Å². The van der Waals surface area contributed by atoms with Crippen LogP contribution in [0.4, 0.5) is 13.2 Å². The average molecular weight is 257 g/mol. The Morgan fingerprint density at radius 2 is 1.87 bits per heavy atom. The normalized spacial score (nSPS) is 11.5. The van der Waals surface area contributed by atoms with Crippen molar-refractivity contribution in [2.75, 3.05) is 0 Å². The highest BCUT2D eigenvalue weighted by Gasteiger charge is 2.38. The first-order valence-electron chi connectivity index (χ1n) is 3.84. The maximum absolute atomic E-state index is 11.9. The molecule has 0 aliphatic heterocycles. The predicted octanol–water partition coefficient (Wildman–Crippen LogP) is 3.67. The van der Waals surface area contributed by atoms with E-state index in [9.17, 15) is 18.0 Å². The number of rotatable bonds is 2. The van der Waals surface area contributed by atoms with E-state index in [1.807, 2.05) is 0 Å². The van der Waals surface area contributed by atoms with Gasteiger partial charge in [-0.15, -0.1) is 0 Å². The van der Waals surface area contributed by atoms with E-state index in [0.717, 1.165) is 0 Å². The second-order valence-electron chi connectivity index (χ2n) is 2.83. The van der Waals surface area contributed by atoms with Crippen LogP contribution in [-0.2, 0) is 11.2 Å². The number of Topliss-reactive ketones (excluding diaryl/α,β-unsaturated/α-hetero) is 1. The summed E-state index contributed by atoms with van der Waals surface area (Å²) in [6.07, 6.45) is -5.63. The summed E-state index contributed by atoms with van der Waals surface area (Å²) in [5, 5.41) is 0.335. The topological polar surface area (TPSA) is 17.1 Å². The highest BCUT2D eigenvalue weighted by atomic mass is 35.5. The summed E-state index contributed by atoms with van der Waals surface area (Å²) in [6.45, 7) is 0. The van der Waals surface area contributed by atoms with Gasteiger partial charge in [-0.3, -0.25) is 4.79 Å². The molecule has 1 aromatic rings. The van der Waals surface area contributed by atoms with Crippen LogP contribution >= 0.6 is 23.2 Å². The molecular formula is C9H5Cl2F3O. The molecule has 0 atom stereocenters. The van der Waals surface area contributed by atoms with E-state index < -0.39 is 18.4 Å². The van der Waals surface area contributed by atoms with Crippen LogP contribution in [0.3, 0.4) is 0 Å². The minimum atomic E-state index is -4.84. The van der Waals surface area contributed by atoms with Crippen LogP contribution in [0.2, 0.25) is 10.0 Å². The molecule has 0 amide bonds. The van der Waals surface area contributed by atoms with Gasteiger partial charge in [0.05, 0.1) is 0 Å². The monoisotopic (exact) mass is 256 g/mol. The van der Waals surface area contributed by atoms with Crippen molar-refractivity contribution in [2.45, 2.75) is 12.6 Å². The molecule has 0 aliphatic carbocycles. The van der Waals surface area contributed by atoms with Crippen LogP contribution < -0.4 is 0 Å². The second-order valence-corrected chi connectivity index (χ2v) is 3.68. The zero-order chi connectivity index (χ0) is 11.6. The Morgan fingerprint density at radius 3 is 2.40 bits per heavy atom. The molecule has 1 rings (SSSR count). The first-order chi connectivity index (χ1) is 6.80. The highest BCUT2D eigenvalue weighted by Crippen LogP contribution is 2.24. The SMILES string of the molecule is O=C(Cc1cc(Cl)ccc1Cl)C(F)(F)F. The van der Waals surface area contributed by atoms with Crippen molar-refractivity contribution in [1.29, 1.82) is 0 Å². The Labute approximate surface area is 93.8 Å². The average Bonchev–Trinajstić information content (AvgIpc) is 2.09. The Balaban J connectivity index is 2.90. The van der Waals surface area contributed by atoms with E-state index in [4.69, 9.17) is 23.2 Å². The van der Waals surface area contributed by atoms with Gasteiger partial charge in [0.15, 0.2) is 0 Å². The minimum Gasteiger partial charge on any atom is -0.289 e. The molecule has 15 heavy (non-hydrogen) atoms. The largest absolute Gasteiger partial charge is 0.450 e. The van der Waals surface area contributed by atoms with Crippen molar-refractivity contribution in [1.82, 2.24) is 0 Å². The molecule has 82 valence electrons. The van der Waals surface area contributed by atoms with Crippen LogP contribution in [0.5, 0.6) is 0 Å². The first kappa shape index (κ1) is 12.3. The number of carbonyl (C=O) groups is 1. The summed E-state index contributed by atoms with van der Waals surface area (Å²) >= 11 is 11.2. The molecule has 0 bridgehead atoms. The molecule has 6 heteroatoms. The summed E-state index contributed by atoms with van der Waals surface area (Å²) in [5.41, 5.74) is 0.0755. The zero-order valence-electron chi connectivity index (χ0n) is 7.24. The zero-order valence-corrected chi connectivity index (χ0v) is 8.75. The number of benzene rings is 1. The van der Waals surface area contributed by atoms with E-state index in [2.05, 4.69) is 0 Å². The van der Waals surface area contributed by atoms with E-state index in [0.29, 0.717) is 0 Å². The molecule has 0 aromatic heterocycles. The van der Waals surface area contributed by atoms with Crippen molar-refractivity contribution in [3.05, 3.63) is 33.8 Å². The standard InChI is InChI=1S/C9H5Cl2F3O/c10-6-1-2-7(11)5(3-6)4-8(15)9(12,13)14/h1-3H,4H2. The highest BCUT2D eigenvalue weighted by molar-refractivity contribution is 6.33. The molecule has 0 saturated heterocycles.